The normalized spacial score (nSPS) is 15.4. The Kier molecular flexibility index (Phi) is 3.52. The summed E-state index contributed by atoms with van der Waals surface area (Å²) in [6.07, 6.45) is 7.45. The van der Waals surface area contributed by atoms with Crippen LogP contribution in [0, 0.1) is 12.8 Å². The van der Waals surface area contributed by atoms with Gasteiger partial charge in [0.1, 0.15) is 5.56 Å². The van der Waals surface area contributed by atoms with Gasteiger partial charge in [-0.15, -0.1) is 0 Å². The van der Waals surface area contributed by atoms with Gasteiger partial charge in [-0.1, -0.05) is 0 Å². The Bertz CT molecular complexity index is 898. The summed E-state index contributed by atoms with van der Waals surface area (Å²) >= 11 is 0. The van der Waals surface area contributed by atoms with Crippen LogP contribution in [-0.2, 0) is 0 Å². The van der Waals surface area contributed by atoms with Crippen LogP contribution in [0.2, 0.25) is 0 Å². The number of pyridine rings is 1. The molecule has 0 spiro atoms. The molecule has 0 aromatic carbocycles. The molecule has 1 atom stereocenters. The van der Waals surface area contributed by atoms with Gasteiger partial charge in [0, 0.05) is 29.7 Å². The van der Waals surface area contributed by atoms with Gasteiger partial charge in [-0.2, -0.15) is 5.10 Å². The Balaban J connectivity index is 1.74. The van der Waals surface area contributed by atoms with Gasteiger partial charge in [0.2, 0.25) is 0 Å². The van der Waals surface area contributed by atoms with E-state index in [1.54, 1.807) is 23.1 Å². The Morgan fingerprint density at radius 2 is 2.08 bits per heavy atom. The Morgan fingerprint density at radius 1 is 1.33 bits per heavy atom. The highest BCUT2D eigenvalue weighted by molar-refractivity contribution is 6.00. The lowest BCUT2D eigenvalue weighted by Gasteiger charge is -2.12. The van der Waals surface area contributed by atoms with Crippen LogP contribution < -0.4 is 5.32 Å². The van der Waals surface area contributed by atoms with Crippen molar-refractivity contribution in [1.82, 2.24) is 24.9 Å². The van der Waals surface area contributed by atoms with Gasteiger partial charge in [-0.25, -0.2) is 9.50 Å². The first kappa shape index (κ1) is 14.8. The smallest absolute Gasteiger partial charge is 0.256 e. The lowest BCUT2D eigenvalue weighted by Crippen LogP contribution is -2.34. The largest absolute Gasteiger partial charge is 0.349 e. The summed E-state index contributed by atoms with van der Waals surface area (Å²) in [5.74, 6) is 0.501. The van der Waals surface area contributed by atoms with Gasteiger partial charge in [-0.05, 0) is 50.8 Å². The first-order valence-electron chi connectivity index (χ1n) is 8.20. The SMILES string of the molecule is Cc1cc(-c2ccncc2)nc2c(C(=O)NC(C)C3CC3)cnn12. The molecule has 1 aliphatic rings. The summed E-state index contributed by atoms with van der Waals surface area (Å²) in [4.78, 5) is 21.3. The standard InChI is InChI=1S/C18H19N5O/c1-11-9-16(14-5-7-19-8-6-14)22-17-15(10-20-23(11)17)18(24)21-12(2)13-3-4-13/h5-10,12-13H,3-4H2,1-2H3,(H,21,24). The van der Waals surface area contributed by atoms with Gasteiger partial charge in [0.15, 0.2) is 5.65 Å². The van der Waals surface area contributed by atoms with Crippen LogP contribution in [0.4, 0.5) is 0 Å². The number of carbonyl (C=O) groups is 1. The van der Waals surface area contributed by atoms with Crippen molar-refractivity contribution in [2.24, 2.45) is 5.92 Å². The van der Waals surface area contributed by atoms with Crippen molar-refractivity contribution in [1.29, 1.82) is 0 Å². The van der Waals surface area contributed by atoms with Gasteiger partial charge in [-0.3, -0.25) is 9.78 Å². The molecule has 1 fully saturated rings. The third kappa shape index (κ3) is 2.64. The maximum absolute atomic E-state index is 12.6. The number of aryl methyl sites for hydroxylation is 1. The highest BCUT2D eigenvalue weighted by Gasteiger charge is 2.29. The number of amides is 1. The number of hydrogen-bond acceptors (Lipinski definition) is 4. The van der Waals surface area contributed by atoms with Gasteiger partial charge in [0.05, 0.1) is 11.9 Å². The highest BCUT2D eigenvalue weighted by atomic mass is 16.1. The quantitative estimate of drug-likeness (QED) is 0.802. The zero-order chi connectivity index (χ0) is 16.7. The molecule has 1 unspecified atom stereocenters. The zero-order valence-corrected chi connectivity index (χ0v) is 13.7. The fourth-order valence-corrected chi connectivity index (χ4v) is 2.94. The predicted octanol–water partition coefficient (Wildman–Crippen LogP) is 2.63. The van der Waals surface area contributed by atoms with Crippen LogP contribution >= 0.6 is 0 Å². The summed E-state index contributed by atoms with van der Waals surface area (Å²) in [5.41, 5.74) is 3.81. The first-order valence-corrected chi connectivity index (χ1v) is 8.20. The minimum Gasteiger partial charge on any atom is -0.349 e. The third-order valence-corrected chi connectivity index (χ3v) is 4.56. The lowest BCUT2D eigenvalue weighted by atomic mass is 10.1. The van der Waals surface area contributed by atoms with E-state index in [0.717, 1.165) is 17.0 Å². The fourth-order valence-electron chi connectivity index (χ4n) is 2.94. The number of nitrogens with zero attached hydrogens (tertiary/aromatic N) is 4. The van der Waals surface area contributed by atoms with Crippen LogP contribution in [0.15, 0.2) is 36.8 Å². The molecule has 122 valence electrons. The summed E-state index contributed by atoms with van der Waals surface area (Å²) in [7, 11) is 0. The van der Waals surface area contributed by atoms with Crippen molar-refractivity contribution in [3.8, 4) is 11.3 Å². The maximum atomic E-state index is 12.6. The second-order valence-corrected chi connectivity index (χ2v) is 6.41. The number of hydrogen-bond donors (Lipinski definition) is 1. The maximum Gasteiger partial charge on any atom is 0.256 e. The molecule has 1 amide bonds. The Labute approximate surface area is 139 Å². The average Bonchev–Trinajstić information content (AvgIpc) is 3.35. The molecule has 4 rings (SSSR count). The molecule has 0 bridgehead atoms. The van der Waals surface area contributed by atoms with Crippen molar-refractivity contribution in [3.05, 3.63) is 48.0 Å². The molecular formula is C18H19N5O. The van der Waals surface area contributed by atoms with Crippen LogP contribution in [0.3, 0.4) is 0 Å². The Hall–Kier alpha value is -2.76. The number of nitrogens with one attached hydrogen (secondary N) is 1. The third-order valence-electron chi connectivity index (χ3n) is 4.56. The van der Waals surface area contributed by atoms with Crippen molar-refractivity contribution in [3.63, 3.8) is 0 Å². The van der Waals surface area contributed by atoms with Crippen LogP contribution in [-0.4, -0.2) is 31.5 Å². The molecule has 3 aromatic rings. The number of fused-ring (bicyclic) bond motifs is 1. The number of carbonyl (C=O) groups excluding carboxylic acids is 1. The van der Waals surface area contributed by atoms with Crippen LogP contribution in [0.1, 0.15) is 35.8 Å². The first-order chi connectivity index (χ1) is 11.6. The number of aromatic nitrogens is 4. The molecule has 1 N–H and O–H groups in total. The monoisotopic (exact) mass is 321 g/mol. The summed E-state index contributed by atoms with van der Waals surface area (Å²) in [5, 5.41) is 7.40. The number of rotatable bonds is 4. The summed E-state index contributed by atoms with van der Waals surface area (Å²) in [6.45, 7) is 4.02. The predicted molar refractivity (Wildman–Crippen MR) is 90.6 cm³/mol. The highest BCUT2D eigenvalue weighted by Crippen LogP contribution is 2.32. The summed E-state index contributed by atoms with van der Waals surface area (Å²) in [6, 6.07) is 5.97. The van der Waals surface area contributed by atoms with E-state index in [9.17, 15) is 4.79 Å². The van der Waals surface area contributed by atoms with E-state index in [1.165, 1.54) is 12.8 Å². The van der Waals surface area contributed by atoms with Crippen LogP contribution in [0.5, 0.6) is 0 Å². The van der Waals surface area contributed by atoms with Crippen molar-refractivity contribution < 1.29 is 4.79 Å². The second-order valence-electron chi connectivity index (χ2n) is 6.41. The fraction of sp³-hybridized carbons (Fsp3) is 0.333. The average molecular weight is 321 g/mol. The van der Waals surface area contributed by atoms with E-state index in [-0.39, 0.29) is 11.9 Å². The van der Waals surface area contributed by atoms with Gasteiger partial charge in [0.25, 0.3) is 5.91 Å². The van der Waals surface area contributed by atoms with Crippen molar-refractivity contribution in [2.45, 2.75) is 32.7 Å². The topological polar surface area (TPSA) is 72.2 Å². The minimum atomic E-state index is -0.108. The molecule has 3 aromatic heterocycles. The molecule has 1 aliphatic carbocycles. The van der Waals surface area contributed by atoms with Gasteiger partial charge >= 0.3 is 0 Å². The van der Waals surface area contributed by atoms with Crippen molar-refractivity contribution >= 4 is 11.6 Å². The van der Waals surface area contributed by atoms with Gasteiger partial charge < -0.3 is 5.32 Å². The Morgan fingerprint density at radius 3 is 2.79 bits per heavy atom. The molecule has 6 heteroatoms. The molecule has 3 heterocycles. The molecule has 0 saturated heterocycles. The minimum absolute atomic E-state index is 0.108. The molecule has 0 radical (unpaired) electrons. The molecular weight excluding hydrogens is 302 g/mol. The van der Waals surface area contributed by atoms with E-state index < -0.39 is 0 Å². The zero-order valence-electron chi connectivity index (χ0n) is 13.7. The van der Waals surface area contributed by atoms with E-state index in [4.69, 9.17) is 0 Å². The summed E-state index contributed by atoms with van der Waals surface area (Å²) < 4.78 is 1.71. The van der Waals surface area contributed by atoms with E-state index in [2.05, 4.69) is 27.3 Å². The molecule has 6 nitrogen and oxygen atoms in total. The molecule has 24 heavy (non-hydrogen) atoms. The second kappa shape index (κ2) is 5.70. The van der Waals surface area contributed by atoms with Crippen molar-refractivity contribution in [2.75, 3.05) is 0 Å². The lowest BCUT2D eigenvalue weighted by molar-refractivity contribution is 0.0937. The van der Waals surface area contributed by atoms with E-state index >= 15 is 0 Å². The van der Waals surface area contributed by atoms with Crippen LogP contribution in [0.25, 0.3) is 16.9 Å². The molecule has 1 saturated carbocycles. The molecule has 0 aliphatic heterocycles. The van der Waals surface area contributed by atoms with E-state index in [0.29, 0.717) is 17.1 Å². The van der Waals surface area contributed by atoms with E-state index in [1.807, 2.05) is 25.1 Å².